The van der Waals surface area contributed by atoms with E-state index in [4.69, 9.17) is 5.11 Å². The average Bonchev–Trinajstić information content (AvgIpc) is 2.47. The summed E-state index contributed by atoms with van der Waals surface area (Å²) in [6.45, 7) is 2.33. The number of hydrogen-bond acceptors (Lipinski definition) is 5. The standard InChI is InChI=1S/C7H11N3O2S/c1-5-8-9-7(13-5)10(2)4-3-6(11)12/h3-4H2,1-2H3,(H,11,12). The Morgan fingerprint density at radius 2 is 2.31 bits per heavy atom. The fourth-order valence-corrected chi connectivity index (χ4v) is 1.47. The van der Waals surface area contributed by atoms with Crippen LogP contribution in [0.25, 0.3) is 0 Å². The third kappa shape index (κ3) is 2.98. The molecule has 1 aromatic rings. The third-order valence-corrected chi connectivity index (χ3v) is 2.46. The van der Waals surface area contributed by atoms with E-state index in [2.05, 4.69) is 10.2 Å². The van der Waals surface area contributed by atoms with Gasteiger partial charge in [-0.05, 0) is 6.92 Å². The predicted octanol–water partition coefficient (Wildman–Crippen LogP) is 0.757. The van der Waals surface area contributed by atoms with Crippen LogP contribution in [-0.2, 0) is 4.79 Å². The molecule has 0 atom stereocenters. The summed E-state index contributed by atoms with van der Waals surface area (Å²) in [5.41, 5.74) is 0. The molecule has 1 heterocycles. The molecule has 0 amide bonds. The Hall–Kier alpha value is -1.17. The second-order valence-electron chi connectivity index (χ2n) is 2.67. The molecule has 13 heavy (non-hydrogen) atoms. The number of nitrogens with zero attached hydrogens (tertiary/aromatic N) is 3. The molecular weight excluding hydrogens is 190 g/mol. The van der Waals surface area contributed by atoms with Gasteiger partial charge in [0, 0.05) is 13.6 Å². The molecule has 1 N–H and O–H groups in total. The molecule has 1 rings (SSSR count). The fourth-order valence-electron chi connectivity index (χ4n) is 0.799. The van der Waals surface area contributed by atoms with Gasteiger partial charge in [0.2, 0.25) is 5.13 Å². The fraction of sp³-hybridized carbons (Fsp3) is 0.571. The summed E-state index contributed by atoms with van der Waals surface area (Å²) in [4.78, 5) is 12.1. The van der Waals surface area contributed by atoms with Crippen LogP contribution in [0.3, 0.4) is 0 Å². The largest absolute Gasteiger partial charge is 0.481 e. The van der Waals surface area contributed by atoms with Gasteiger partial charge in [-0.25, -0.2) is 0 Å². The van der Waals surface area contributed by atoms with Gasteiger partial charge in [0.05, 0.1) is 6.42 Å². The lowest BCUT2D eigenvalue weighted by Crippen LogP contribution is -2.20. The first-order chi connectivity index (χ1) is 6.09. The summed E-state index contributed by atoms with van der Waals surface area (Å²) in [7, 11) is 1.81. The van der Waals surface area contributed by atoms with Crippen LogP contribution in [0.2, 0.25) is 0 Å². The van der Waals surface area contributed by atoms with Crippen molar-refractivity contribution in [3.8, 4) is 0 Å². The number of aliphatic carboxylic acids is 1. The monoisotopic (exact) mass is 201 g/mol. The Bertz CT molecular complexity index is 300. The first kappa shape index (κ1) is 9.91. The molecule has 0 radical (unpaired) electrons. The zero-order valence-corrected chi connectivity index (χ0v) is 8.34. The molecule has 0 fully saturated rings. The molecule has 0 aliphatic heterocycles. The van der Waals surface area contributed by atoms with Crippen molar-refractivity contribution in [3.63, 3.8) is 0 Å². The number of aryl methyl sites for hydroxylation is 1. The number of rotatable bonds is 4. The molecule has 0 spiro atoms. The Morgan fingerprint density at radius 3 is 2.77 bits per heavy atom. The number of carbonyl (C=O) groups is 1. The maximum absolute atomic E-state index is 10.3. The predicted molar refractivity (Wildman–Crippen MR) is 50.2 cm³/mol. The number of anilines is 1. The molecule has 0 aliphatic rings. The number of aromatic nitrogens is 2. The van der Waals surface area contributed by atoms with Crippen LogP contribution in [0.5, 0.6) is 0 Å². The van der Waals surface area contributed by atoms with Crippen molar-refractivity contribution in [2.24, 2.45) is 0 Å². The second kappa shape index (κ2) is 4.18. The van der Waals surface area contributed by atoms with Crippen LogP contribution in [0.4, 0.5) is 5.13 Å². The normalized spacial score (nSPS) is 10.0. The zero-order valence-electron chi connectivity index (χ0n) is 7.52. The highest BCUT2D eigenvalue weighted by molar-refractivity contribution is 7.15. The lowest BCUT2D eigenvalue weighted by molar-refractivity contribution is -0.136. The first-order valence-electron chi connectivity index (χ1n) is 3.82. The Morgan fingerprint density at radius 1 is 1.62 bits per heavy atom. The van der Waals surface area contributed by atoms with E-state index >= 15 is 0 Å². The number of hydrogen-bond donors (Lipinski definition) is 1. The summed E-state index contributed by atoms with van der Waals surface area (Å²) >= 11 is 1.46. The summed E-state index contributed by atoms with van der Waals surface area (Å²) in [6, 6.07) is 0. The molecule has 5 nitrogen and oxygen atoms in total. The smallest absolute Gasteiger partial charge is 0.305 e. The van der Waals surface area contributed by atoms with Crippen LogP contribution >= 0.6 is 11.3 Å². The van der Waals surface area contributed by atoms with E-state index in [0.717, 1.165) is 10.1 Å². The van der Waals surface area contributed by atoms with Crippen LogP contribution in [0.15, 0.2) is 0 Å². The van der Waals surface area contributed by atoms with E-state index in [0.29, 0.717) is 6.54 Å². The highest BCUT2D eigenvalue weighted by Gasteiger charge is 2.07. The van der Waals surface area contributed by atoms with Gasteiger partial charge >= 0.3 is 5.97 Å². The number of carboxylic acid groups (broad SMARTS) is 1. The third-order valence-electron chi connectivity index (χ3n) is 1.50. The van der Waals surface area contributed by atoms with E-state index in [-0.39, 0.29) is 6.42 Å². The Labute approximate surface area is 80.0 Å². The summed E-state index contributed by atoms with van der Waals surface area (Å²) in [5, 5.41) is 17.8. The maximum Gasteiger partial charge on any atom is 0.305 e. The molecule has 72 valence electrons. The van der Waals surface area contributed by atoms with Crippen LogP contribution in [0, 0.1) is 6.92 Å². The lowest BCUT2D eigenvalue weighted by Gasteiger charge is -2.12. The maximum atomic E-state index is 10.3. The summed E-state index contributed by atoms with van der Waals surface area (Å²) in [5.74, 6) is -0.798. The van der Waals surface area contributed by atoms with Crippen molar-refractivity contribution in [1.82, 2.24) is 10.2 Å². The van der Waals surface area contributed by atoms with E-state index in [1.54, 1.807) is 4.90 Å². The topological polar surface area (TPSA) is 66.3 Å². The van der Waals surface area contributed by atoms with Crippen molar-refractivity contribution >= 4 is 22.4 Å². The van der Waals surface area contributed by atoms with Crippen molar-refractivity contribution in [2.75, 3.05) is 18.5 Å². The zero-order chi connectivity index (χ0) is 9.84. The highest BCUT2D eigenvalue weighted by atomic mass is 32.1. The SMILES string of the molecule is Cc1nnc(N(C)CCC(=O)O)s1. The van der Waals surface area contributed by atoms with Gasteiger partial charge in [0.15, 0.2) is 0 Å². The molecule has 0 bridgehead atoms. The molecule has 0 saturated heterocycles. The average molecular weight is 201 g/mol. The molecule has 6 heteroatoms. The summed E-state index contributed by atoms with van der Waals surface area (Å²) < 4.78 is 0. The van der Waals surface area contributed by atoms with Crippen molar-refractivity contribution in [2.45, 2.75) is 13.3 Å². The molecule has 1 aromatic heterocycles. The van der Waals surface area contributed by atoms with Gasteiger partial charge in [-0.15, -0.1) is 10.2 Å². The van der Waals surface area contributed by atoms with Crippen molar-refractivity contribution < 1.29 is 9.90 Å². The van der Waals surface area contributed by atoms with Crippen molar-refractivity contribution in [1.29, 1.82) is 0 Å². The van der Waals surface area contributed by atoms with Gasteiger partial charge < -0.3 is 10.0 Å². The van der Waals surface area contributed by atoms with Gasteiger partial charge in [-0.1, -0.05) is 11.3 Å². The lowest BCUT2D eigenvalue weighted by atomic mass is 10.4. The molecule has 0 aliphatic carbocycles. The summed E-state index contributed by atoms with van der Waals surface area (Å²) in [6.07, 6.45) is 0.120. The Kier molecular flexibility index (Phi) is 3.18. The van der Waals surface area contributed by atoms with E-state index in [1.807, 2.05) is 14.0 Å². The van der Waals surface area contributed by atoms with Gasteiger partial charge in [0.25, 0.3) is 0 Å². The quantitative estimate of drug-likeness (QED) is 0.779. The molecule has 0 unspecified atom stereocenters. The van der Waals surface area contributed by atoms with Gasteiger partial charge in [-0.3, -0.25) is 4.79 Å². The van der Waals surface area contributed by atoms with E-state index in [9.17, 15) is 4.79 Å². The minimum absolute atomic E-state index is 0.120. The van der Waals surface area contributed by atoms with E-state index < -0.39 is 5.97 Å². The minimum atomic E-state index is -0.798. The number of carboxylic acids is 1. The van der Waals surface area contributed by atoms with Crippen LogP contribution < -0.4 is 4.90 Å². The minimum Gasteiger partial charge on any atom is -0.481 e. The first-order valence-corrected chi connectivity index (χ1v) is 4.64. The van der Waals surface area contributed by atoms with Gasteiger partial charge in [-0.2, -0.15) is 0 Å². The van der Waals surface area contributed by atoms with E-state index in [1.165, 1.54) is 11.3 Å². The van der Waals surface area contributed by atoms with Crippen LogP contribution in [0.1, 0.15) is 11.4 Å². The Balaban J connectivity index is 2.48. The highest BCUT2D eigenvalue weighted by Crippen LogP contribution is 2.17. The second-order valence-corrected chi connectivity index (χ2v) is 3.83. The molecule has 0 aromatic carbocycles. The van der Waals surface area contributed by atoms with Gasteiger partial charge in [0.1, 0.15) is 5.01 Å². The molecular formula is C7H11N3O2S. The molecule has 0 saturated carbocycles. The van der Waals surface area contributed by atoms with Crippen LogP contribution in [-0.4, -0.2) is 34.9 Å². The van der Waals surface area contributed by atoms with Crippen molar-refractivity contribution in [3.05, 3.63) is 5.01 Å².